The molecule has 1 aliphatic rings. The maximum atomic E-state index is 14.0. The Hall–Kier alpha value is -1.09. The fraction of sp³-hybridized carbons (Fsp3) is 0.562. The highest BCUT2D eigenvalue weighted by Gasteiger charge is 2.44. The Morgan fingerprint density at radius 2 is 1.90 bits per heavy atom. The first-order chi connectivity index (χ1) is 9.26. The minimum atomic E-state index is -0.860. The van der Waals surface area contributed by atoms with E-state index in [0.29, 0.717) is 18.4 Å². The van der Waals surface area contributed by atoms with Crippen LogP contribution in [-0.4, -0.2) is 11.1 Å². The first-order valence-corrected chi connectivity index (χ1v) is 7.30. The molecule has 0 aromatic heterocycles. The van der Waals surface area contributed by atoms with Crippen LogP contribution in [0.25, 0.3) is 0 Å². The number of carbonyl (C=O) groups is 1. The molecule has 1 saturated carbocycles. The van der Waals surface area contributed by atoms with E-state index in [9.17, 15) is 14.3 Å². The summed E-state index contributed by atoms with van der Waals surface area (Å²) in [5.74, 6) is -1.31. The van der Waals surface area contributed by atoms with Crippen molar-refractivity contribution >= 4 is 17.6 Å². The van der Waals surface area contributed by atoms with Gasteiger partial charge in [-0.3, -0.25) is 4.79 Å². The smallest absolute Gasteiger partial charge is 0.309 e. The zero-order valence-corrected chi connectivity index (χ0v) is 12.6. The number of carboxylic acids is 1. The van der Waals surface area contributed by atoms with E-state index in [1.165, 1.54) is 6.07 Å². The summed E-state index contributed by atoms with van der Waals surface area (Å²) in [4.78, 5) is 11.7. The maximum absolute atomic E-state index is 14.0. The van der Waals surface area contributed by atoms with E-state index in [0.717, 1.165) is 12.8 Å². The van der Waals surface area contributed by atoms with Crippen molar-refractivity contribution in [3.63, 3.8) is 0 Å². The van der Waals surface area contributed by atoms with Crippen molar-refractivity contribution in [2.75, 3.05) is 0 Å². The quantitative estimate of drug-likeness (QED) is 0.878. The second-order valence-corrected chi connectivity index (χ2v) is 7.05. The van der Waals surface area contributed by atoms with E-state index < -0.39 is 17.2 Å². The van der Waals surface area contributed by atoms with Crippen molar-refractivity contribution in [1.82, 2.24) is 0 Å². The number of aliphatic carboxylic acids is 1. The third-order valence-corrected chi connectivity index (χ3v) is 4.87. The summed E-state index contributed by atoms with van der Waals surface area (Å²) in [5.41, 5.74) is -0.285. The number of benzene rings is 1. The lowest BCUT2D eigenvalue weighted by Crippen LogP contribution is -2.39. The van der Waals surface area contributed by atoms with Crippen LogP contribution in [0.3, 0.4) is 0 Å². The van der Waals surface area contributed by atoms with Crippen LogP contribution in [0.1, 0.15) is 45.1 Å². The van der Waals surface area contributed by atoms with Gasteiger partial charge in [0.25, 0.3) is 0 Å². The van der Waals surface area contributed by atoms with Crippen LogP contribution in [0.15, 0.2) is 18.2 Å². The molecule has 2 nitrogen and oxygen atoms in total. The lowest BCUT2D eigenvalue weighted by atomic mass is 9.63. The Morgan fingerprint density at radius 1 is 1.30 bits per heavy atom. The molecular formula is C16H20ClFO2. The van der Waals surface area contributed by atoms with Gasteiger partial charge in [0, 0.05) is 0 Å². The van der Waals surface area contributed by atoms with Crippen LogP contribution < -0.4 is 0 Å². The average molecular weight is 299 g/mol. The molecular weight excluding hydrogens is 279 g/mol. The lowest BCUT2D eigenvalue weighted by Gasteiger charge is -2.41. The molecule has 0 spiro atoms. The standard InChI is InChI=1S/C16H20ClFO2/c1-15(2)6-8-16(9-7-15,14(19)20)10-11-4-3-5-12(17)13(11)18/h3-5H,6-10H2,1-2H3,(H,19,20). The van der Waals surface area contributed by atoms with Gasteiger partial charge in [0.2, 0.25) is 0 Å². The number of halogens is 2. The fourth-order valence-electron chi connectivity index (χ4n) is 2.92. The summed E-state index contributed by atoms with van der Waals surface area (Å²) in [5, 5.41) is 9.68. The summed E-state index contributed by atoms with van der Waals surface area (Å²) < 4.78 is 14.0. The summed E-state index contributed by atoms with van der Waals surface area (Å²) >= 11 is 5.78. The summed E-state index contributed by atoms with van der Waals surface area (Å²) in [6.07, 6.45) is 3.08. The van der Waals surface area contributed by atoms with Gasteiger partial charge in [0.15, 0.2) is 0 Å². The fourth-order valence-corrected chi connectivity index (χ4v) is 3.12. The summed E-state index contributed by atoms with van der Waals surface area (Å²) in [6.45, 7) is 4.30. The van der Waals surface area contributed by atoms with Crippen molar-refractivity contribution in [2.24, 2.45) is 10.8 Å². The molecule has 1 fully saturated rings. The third-order valence-electron chi connectivity index (χ3n) is 4.57. The van der Waals surface area contributed by atoms with Crippen LogP contribution >= 0.6 is 11.6 Å². The molecule has 0 atom stereocenters. The van der Waals surface area contributed by atoms with Crippen LogP contribution in [-0.2, 0) is 11.2 Å². The molecule has 0 amide bonds. The number of hydrogen-bond acceptors (Lipinski definition) is 1. The highest BCUT2D eigenvalue weighted by molar-refractivity contribution is 6.30. The molecule has 0 bridgehead atoms. The monoisotopic (exact) mass is 298 g/mol. The molecule has 0 unspecified atom stereocenters. The lowest BCUT2D eigenvalue weighted by molar-refractivity contribution is -0.152. The van der Waals surface area contributed by atoms with Crippen LogP contribution in [0.5, 0.6) is 0 Å². The molecule has 0 heterocycles. The van der Waals surface area contributed by atoms with Crippen LogP contribution in [0, 0.1) is 16.6 Å². The predicted octanol–water partition coefficient (Wildman–Crippen LogP) is 4.69. The maximum Gasteiger partial charge on any atom is 0.309 e. The molecule has 0 saturated heterocycles. The van der Waals surface area contributed by atoms with Crippen molar-refractivity contribution in [1.29, 1.82) is 0 Å². The Bertz CT molecular complexity index is 515. The molecule has 0 aliphatic heterocycles. The van der Waals surface area contributed by atoms with Gasteiger partial charge in [0.1, 0.15) is 5.82 Å². The van der Waals surface area contributed by atoms with Crippen molar-refractivity contribution < 1.29 is 14.3 Å². The molecule has 1 aliphatic carbocycles. The van der Waals surface area contributed by atoms with Gasteiger partial charge in [-0.15, -0.1) is 0 Å². The van der Waals surface area contributed by atoms with Crippen LogP contribution in [0.4, 0.5) is 4.39 Å². The second-order valence-electron chi connectivity index (χ2n) is 6.64. The van der Waals surface area contributed by atoms with Gasteiger partial charge in [-0.25, -0.2) is 4.39 Å². The Morgan fingerprint density at radius 3 is 2.45 bits per heavy atom. The predicted molar refractivity (Wildman–Crippen MR) is 77.4 cm³/mol. The van der Waals surface area contributed by atoms with Gasteiger partial charge in [-0.1, -0.05) is 37.6 Å². The van der Waals surface area contributed by atoms with E-state index in [-0.39, 0.29) is 16.9 Å². The minimum Gasteiger partial charge on any atom is -0.481 e. The molecule has 110 valence electrons. The molecule has 2 rings (SSSR count). The van der Waals surface area contributed by atoms with E-state index in [1.807, 2.05) is 0 Å². The van der Waals surface area contributed by atoms with Gasteiger partial charge in [0.05, 0.1) is 10.4 Å². The van der Waals surface area contributed by atoms with E-state index in [1.54, 1.807) is 12.1 Å². The molecule has 1 N–H and O–H groups in total. The zero-order valence-electron chi connectivity index (χ0n) is 11.9. The van der Waals surface area contributed by atoms with Crippen LogP contribution in [0.2, 0.25) is 5.02 Å². The Labute approximate surface area is 123 Å². The van der Waals surface area contributed by atoms with Crippen molar-refractivity contribution in [2.45, 2.75) is 46.0 Å². The highest BCUT2D eigenvalue weighted by atomic mass is 35.5. The first kappa shape index (κ1) is 15.3. The SMILES string of the molecule is CC1(C)CCC(Cc2cccc(Cl)c2F)(C(=O)O)CC1. The number of rotatable bonds is 3. The minimum absolute atomic E-state index is 0.0548. The normalized spacial score (nSPS) is 20.6. The molecule has 4 heteroatoms. The van der Waals surface area contributed by atoms with Gasteiger partial charge < -0.3 is 5.11 Å². The molecule has 1 aromatic carbocycles. The molecule has 0 radical (unpaired) electrons. The first-order valence-electron chi connectivity index (χ1n) is 6.92. The van der Waals surface area contributed by atoms with E-state index in [2.05, 4.69) is 13.8 Å². The second kappa shape index (κ2) is 5.36. The van der Waals surface area contributed by atoms with Gasteiger partial charge >= 0.3 is 5.97 Å². The van der Waals surface area contributed by atoms with E-state index >= 15 is 0 Å². The number of hydrogen-bond donors (Lipinski definition) is 1. The molecule has 20 heavy (non-hydrogen) atoms. The third kappa shape index (κ3) is 2.98. The number of carboxylic acid groups (broad SMARTS) is 1. The van der Waals surface area contributed by atoms with Gasteiger partial charge in [-0.05, 0) is 49.1 Å². The van der Waals surface area contributed by atoms with Crippen molar-refractivity contribution in [3.8, 4) is 0 Å². The van der Waals surface area contributed by atoms with E-state index in [4.69, 9.17) is 11.6 Å². The highest BCUT2D eigenvalue weighted by Crippen LogP contribution is 2.47. The van der Waals surface area contributed by atoms with Gasteiger partial charge in [-0.2, -0.15) is 0 Å². The summed E-state index contributed by atoms with van der Waals surface area (Å²) in [7, 11) is 0. The molecule has 1 aromatic rings. The topological polar surface area (TPSA) is 37.3 Å². The zero-order chi connectivity index (χ0) is 15.0. The van der Waals surface area contributed by atoms with Crippen molar-refractivity contribution in [3.05, 3.63) is 34.6 Å². The Kier molecular flexibility index (Phi) is 4.10. The largest absolute Gasteiger partial charge is 0.481 e. The average Bonchev–Trinajstić information content (AvgIpc) is 2.37. The Balaban J connectivity index is 2.27. The summed E-state index contributed by atoms with van der Waals surface area (Å²) in [6, 6.07) is 4.78.